The Morgan fingerprint density at radius 2 is 1.37 bits per heavy atom. The number of nitrogens with one attached hydrogen (secondary N) is 2. The van der Waals surface area contributed by atoms with Gasteiger partial charge in [-0.1, -0.05) is 13.8 Å². The summed E-state index contributed by atoms with van der Waals surface area (Å²) in [4.78, 5) is 12.4. The quantitative estimate of drug-likeness (QED) is 0.501. The van der Waals surface area contributed by atoms with Crippen LogP contribution in [0.4, 0.5) is 11.9 Å². The smallest absolute Gasteiger partial charge is 0.230 e. The molecule has 8 heteroatoms. The van der Waals surface area contributed by atoms with Crippen LogP contribution in [-0.4, -0.2) is 41.6 Å². The Labute approximate surface area is 121 Å². The predicted molar refractivity (Wildman–Crippen MR) is 77.0 cm³/mol. The standard InChI is InChI=1S/C11H20BrN5O2/c1-3-5-18-7-13-10-15-9(12)16-11(17-10)14-8-19-6-4-2/h3-8H2,1-2H3,(H2,13,14,15,16,17). The molecule has 108 valence electrons. The van der Waals surface area contributed by atoms with Crippen molar-refractivity contribution >= 4 is 27.8 Å². The number of halogens is 1. The SMILES string of the molecule is CCCOCNc1nc(Br)nc(NCOCCC)n1. The maximum atomic E-state index is 5.31. The second-order valence-electron chi connectivity index (χ2n) is 3.71. The first-order valence-electron chi connectivity index (χ1n) is 6.31. The molecule has 1 heterocycles. The van der Waals surface area contributed by atoms with Crippen molar-refractivity contribution in [3.8, 4) is 0 Å². The van der Waals surface area contributed by atoms with Crippen LogP contribution in [0.5, 0.6) is 0 Å². The van der Waals surface area contributed by atoms with E-state index in [0.29, 0.717) is 43.3 Å². The highest BCUT2D eigenvalue weighted by molar-refractivity contribution is 9.10. The van der Waals surface area contributed by atoms with Crippen molar-refractivity contribution in [1.82, 2.24) is 15.0 Å². The van der Waals surface area contributed by atoms with Crippen LogP contribution >= 0.6 is 15.9 Å². The lowest BCUT2D eigenvalue weighted by Crippen LogP contribution is -2.14. The molecule has 0 bridgehead atoms. The zero-order chi connectivity index (χ0) is 13.9. The van der Waals surface area contributed by atoms with Crippen molar-refractivity contribution < 1.29 is 9.47 Å². The second kappa shape index (κ2) is 9.88. The zero-order valence-electron chi connectivity index (χ0n) is 11.3. The minimum absolute atomic E-state index is 0.371. The van der Waals surface area contributed by atoms with E-state index in [1.807, 2.05) is 0 Å². The Kier molecular flexibility index (Phi) is 8.35. The highest BCUT2D eigenvalue weighted by atomic mass is 79.9. The first kappa shape index (κ1) is 16.1. The summed E-state index contributed by atoms with van der Waals surface area (Å²) in [5, 5.41) is 5.93. The van der Waals surface area contributed by atoms with Gasteiger partial charge in [0.2, 0.25) is 16.6 Å². The summed E-state index contributed by atoms with van der Waals surface area (Å²) in [7, 11) is 0. The first-order chi connectivity index (χ1) is 9.26. The third kappa shape index (κ3) is 7.24. The molecule has 7 nitrogen and oxygen atoms in total. The van der Waals surface area contributed by atoms with Gasteiger partial charge >= 0.3 is 0 Å². The van der Waals surface area contributed by atoms with Gasteiger partial charge in [-0.3, -0.25) is 0 Å². The van der Waals surface area contributed by atoms with Gasteiger partial charge in [0.1, 0.15) is 13.5 Å². The molecule has 0 fully saturated rings. The second-order valence-corrected chi connectivity index (χ2v) is 4.42. The molecule has 1 aromatic rings. The van der Waals surface area contributed by atoms with Gasteiger partial charge in [0, 0.05) is 13.2 Å². The summed E-state index contributed by atoms with van der Waals surface area (Å²) in [5.74, 6) is 0.909. The summed E-state index contributed by atoms with van der Waals surface area (Å²) in [5.41, 5.74) is 0. The fourth-order valence-electron chi connectivity index (χ4n) is 1.17. The third-order valence-corrected chi connectivity index (χ3v) is 2.32. The fourth-order valence-corrected chi connectivity index (χ4v) is 1.51. The van der Waals surface area contributed by atoms with Crippen LogP contribution in [0, 0.1) is 0 Å². The summed E-state index contributed by atoms with van der Waals surface area (Å²) in [6.07, 6.45) is 1.95. The molecule has 0 atom stereocenters. The van der Waals surface area contributed by atoms with Crippen molar-refractivity contribution in [2.45, 2.75) is 26.7 Å². The Morgan fingerprint density at radius 1 is 0.895 bits per heavy atom. The largest absolute Gasteiger partial charge is 0.361 e. The maximum absolute atomic E-state index is 5.31. The van der Waals surface area contributed by atoms with Crippen molar-refractivity contribution in [3.05, 3.63) is 4.73 Å². The van der Waals surface area contributed by atoms with Gasteiger partial charge < -0.3 is 20.1 Å². The molecule has 0 amide bonds. The number of anilines is 2. The molecule has 1 aromatic heterocycles. The van der Waals surface area contributed by atoms with Gasteiger partial charge in [0.25, 0.3) is 0 Å². The average molecular weight is 334 g/mol. The number of ether oxygens (including phenoxy) is 2. The van der Waals surface area contributed by atoms with E-state index in [2.05, 4.69) is 55.4 Å². The Bertz CT molecular complexity index is 337. The van der Waals surface area contributed by atoms with Crippen LogP contribution < -0.4 is 10.6 Å². The summed E-state index contributed by atoms with van der Waals surface area (Å²) in [6, 6.07) is 0. The minimum atomic E-state index is 0.371. The minimum Gasteiger partial charge on any atom is -0.361 e. The molecule has 0 aliphatic rings. The van der Waals surface area contributed by atoms with Crippen LogP contribution in [0.15, 0.2) is 4.73 Å². The lowest BCUT2D eigenvalue weighted by Gasteiger charge is -2.08. The molecule has 0 radical (unpaired) electrons. The molecule has 0 unspecified atom stereocenters. The molecule has 0 saturated carbocycles. The van der Waals surface area contributed by atoms with Crippen LogP contribution in [0.25, 0.3) is 0 Å². The Balaban J connectivity index is 2.41. The molecule has 2 N–H and O–H groups in total. The molecule has 0 aliphatic heterocycles. The van der Waals surface area contributed by atoms with E-state index in [0.717, 1.165) is 12.8 Å². The van der Waals surface area contributed by atoms with E-state index in [1.54, 1.807) is 0 Å². The molecular formula is C11H20BrN5O2. The van der Waals surface area contributed by atoms with Gasteiger partial charge in [0.15, 0.2) is 0 Å². The van der Waals surface area contributed by atoms with E-state index in [9.17, 15) is 0 Å². The topological polar surface area (TPSA) is 81.2 Å². The lowest BCUT2D eigenvalue weighted by atomic mass is 10.5. The third-order valence-electron chi connectivity index (χ3n) is 1.97. The highest BCUT2D eigenvalue weighted by Crippen LogP contribution is 2.09. The molecular weight excluding hydrogens is 314 g/mol. The molecule has 0 spiro atoms. The maximum Gasteiger partial charge on any atom is 0.230 e. The first-order valence-corrected chi connectivity index (χ1v) is 7.10. The van der Waals surface area contributed by atoms with E-state index in [4.69, 9.17) is 9.47 Å². The number of aromatic nitrogens is 3. The van der Waals surface area contributed by atoms with Crippen molar-refractivity contribution in [3.63, 3.8) is 0 Å². The normalized spacial score (nSPS) is 10.5. The molecule has 0 saturated heterocycles. The van der Waals surface area contributed by atoms with Crippen LogP contribution in [0.1, 0.15) is 26.7 Å². The van der Waals surface area contributed by atoms with Crippen molar-refractivity contribution in [1.29, 1.82) is 0 Å². The summed E-state index contributed by atoms with van der Waals surface area (Å²) >= 11 is 3.23. The van der Waals surface area contributed by atoms with Gasteiger partial charge in [0.05, 0.1) is 0 Å². The van der Waals surface area contributed by atoms with Crippen LogP contribution in [0.2, 0.25) is 0 Å². The van der Waals surface area contributed by atoms with E-state index >= 15 is 0 Å². The van der Waals surface area contributed by atoms with E-state index < -0.39 is 0 Å². The summed E-state index contributed by atoms with van der Waals surface area (Å²) in [6.45, 7) is 6.26. The number of hydrogen-bond donors (Lipinski definition) is 2. The van der Waals surface area contributed by atoms with Crippen molar-refractivity contribution in [2.24, 2.45) is 0 Å². The van der Waals surface area contributed by atoms with Crippen LogP contribution in [-0.2, 0) is 9.47 Å². The fraction of sp³-hybridized carbons (Fsp3) is 0.727. The number of hydrogen-bond acceptors (Lipinski definition) is 7. The van der Waals surface area contributed by atoms with E-state index in [1.165, 1.54) is 0 Å². The van der Waals surface area contributed by atoms with E-state index in [-0.39, 0.29) is 0 Å². The van der Waals surface area contributed by atoms with Gasteiger partial charge in [-0.05, 0) is 28.8 Å². The predicted octanol–water partition coefficient (Wildman–Crippen LogP) is 2.23. The van der Waals surface area contributed by atoms with Crippen LogP contribution in [0.3, 0.4) is 0 Å². The van der Waals surface area contributed by atoms with Crippen molar-refractivity contribution in [2.75, 3.05) is 37.3 Å². The number of nitrogens with zero attached hydrogens (tertiary/aromatic N) is 3. The zero-order valence-corrected chi connectivity index (χ0v) is 12.9. The van der Waals surface area contributed by atoms with Gasteiger partial charge in [-0.2, -0.15) is 15.0 Å². The molecule has 0 aromatic carbocycles. The van der Waals surface area contributed by atoms with Gasteiger partial charge in [-0.15, -0.1) is 0 Å². The Morgan fingerprint density at radius 3 is 1.79 bits per heavy atom. The number of rotatable bonds is 10. The monoisotopic (exact) mass is 333 g/mol. The highest BCUT2D eigenvalue weighted by Gasteiger charge is 2.03. The molecule has 0 aliphatic carbocycles. The lowest BCUT2D eigenvalue weighted by molar-refractivity contribution is 0.152. The molecule has 19 heavy (non-hydrogen) atoms. The Hall–Kier alpha value is -0.990. The summed E-state index contributed by atoms with van der Waals surface area (Å²) < 4.78 is 11.1. The van der Waals surface area contributed by atoms with Gasteiger partial charge in [-0.25, -0.2) is 0 Å². The average Bonchev–Trinajstić information content (AvgIpc) is 2.39. The molecule has 1 rings (SSSR count).